The minimum absolute atomic E-state index is 0.293. The van der Waals surface area contributed by atoms with Crippen LogP contribution < -0.4 is 4.74 Å². The Morgan fingerprint density at radius 1 is 1.16 bits per heavy atom. The first kappa shape index (κ1) is 15.6. The monoisotopic (exact) mass is 336 g/mol. The van der Waals surface area contributed by atoms with Gasteiger partial charge in [-0.05, 0) is 48.7 Å². The van der Waals surface area contributed by atoms with Crippen LogP contribution in [0.5, 0.6) is 5.88 Å². The van der Waals surface area contributed by atoms with Crippen molar-refractivity contribution in [3.63, 3.8) is 0 Å². The van der Waals surface area contributed by atoms with Gasteiger partial charge >= 0.3 is 6.09 Å². The Morgan fingerprint density at radius 2 is 1.96 bits per heavy atom. The number of fused-ring (bicyclic) bond motifs is 2. The maximum atomic E-state index is 13.4. The Morgan fingerprint density at radius 3 is 2.76 bits per heavy atom. The summed E-state index contributed by atoms with van der Waals surface area (Å²) in [5.41, 5.74) is 4.61. The van der Waals surface area contributed by atoms with E-state index >= 15 is 0 Å². The Balaban J connectivity index is 1.70. The van der Waals surface area contributed by atoms with Crippen LogP contribution in [0.25, 0.3) is 10.9 Å². The average Bonchev–Trinajstić information content (AvgIpc) is 2.58. The summed E-state index contributed by atoms with van der Waals surface area (Å²) < 4.78 is 18.8. The lowest BCUT2D eigenvalue weighted by Crippen LogP contribution is -2.36. The van der Waals surface area contributed by atoms with Gasteiger partial charge in [0.2, 0.25) is 5.88 Å². The Labute approximate surface area is 144 Å². The van der Waals surface area contributed by atoms with E-state index in [1.54, 1.807) is 17.0 Å². The third-order valence-corrected chi connectivity index (χ3v) is 4.51. The van der Waals surface area contributed by atoms with E-state index in [1.165, 1.54) is 12.1 Å². The molecule has 2 heterocycles. The summed E-state index contributed by atoms with van der Waals surface area (Å²) in [6.45, 7) is 4.71. The number of aromatic nitrogens is 1. The molecular weight excluding hydrogens is 319 g/mol. The topological polar surface area (TPSA) is 42.4 Å². The minimum Gasteiger partial charge on any atom is -0.391 e. The fourth-order valence-electron chi connectivity index (χ4n) is 3.15. The van der Waals surface area contributed by atoms with Crippen LogP contribution in [-0.2, 0) is 13.1 Å². The molecule has 0 bridgehead atoms. The highest BCUT2D eigenvalue weighted by Gasteiger charge is 2.27. The molecule has 4 rings (SSSR count). The number of benzene rings is 2. The van der Waals surface area contributed by atoms with Gasteiger partial charge in [0.25, 0.3) is 0 Å². The van der Waals surface area contributed by atoms with Gasteiger partial charge in [-0.1, -0.05) is 24.3 Å². The second-order valence-corrected chi connectivity index (χ2v) is 6.40. The molecule has 25 heavy (non-hydrogen) atoms. The molecule has 0 saturated carbocycles. The number of hydrogen-bond donors (Lipinski definition) is 0. The van der Waals surface area contributed by atoms with Crippen molar-refractivity contribution in [1.29, 1.82) is 0 Å². The van der Waals surface area contributed by atoms with Crippen LogP contribution in [0.15, 0.2) is 42.5 Å². The average molecular weight is 336 g/mol. The maximum Gasteiger partial charge on any atom is 0.417 e. The van der Waals surface area contributed by atoms with E-state index in [0.29, 0.717) is 19.0 Å². The maximum absolute atomic E-state index is 13.4. The summed E-state index contributed by atoms with van der Waals surface area (Å²) in [5, 5.41) is 1.06. The van der Waals surface area contributed by atoms with E-state index in [9.17, 15) is 9.18 Å². The normalized spacial score (nSPS) is 13.7. The Hall–Kier alpha value is -2.95. The zero-order valence-electron chi connectivity index (χ0n) is 14.0. The molecule has 1 aromatic heterocycles. The van der Waals surface area contributed by atoms with Crippen molar-refractivity contribution in [2.45, 2.75) is 26.9 Å². The first-order valence-corrected chi connectivity index (χ1v) is 8.12. The largest absolute Gasteiger partial charge is 0.417 e. The van der Waals surface area contributed by atoms with Crippen molar-refractivity contribution in [2.24, 2.45) is 0 Å². The highest BCUT2D eigenvalue weighted by molar-refractivity contribution is 5.87. The van der Waals surface area contributed by atoms with Crippen molar-refractivity contribution in [2.75, 3.05) is 0 Å². The molecule has 4 nitrogen and oxygen atoms in total. The highest BCUT2D eigenvalue weighted by atomic mass is 19.1. The van der Waals surface area contributed by atoms with Crippen LogP contribution in [0, 0.1) is 19.7 Å². The van der Waals surface area contributed by atoms with Crippen molar-refractivity contribution in [3.8, 4) is 5.88 Å². The first-order valence-electron chi connectivity index (χ1n) is 8.12. The number of ether oxygens (including phenoxy) is 1. The third kappa shape index (κ3) is 2.82. The molecule has 0 spiro atoms. The summed E-state index contributed by atoms with van der Waals surface area (Å²) in [5.74, 6) is 0.0451. The number of hydrogen-bond acceptors (Lipinski definition) is 3. The number of carbonyl (C=O) groups excluding carboxylic acids is 1. The lowest BCUT2D eigenvalue weighted by molar-refractivity contribution is 0.133. The fourth-order valence-corrected chi connectivity index (χ4v) is 3.15. The van der Waals surface area contributed by atoms with Crippen LogP contribution in [0.3, 0.4) is 0 Å². The first-order chi connectivity index (χ1) is 12.0. The molecule has 0 saturated heterocycles. The summed E-state index contributed by atoms with van der Waals surface area (Å²) in [4.78, 5) is 18.4. The van der Waals surface area contributed by atoms with Crippen molar-refractivity contribution in [1.82, 2.24) is 9.88 Å². The predicted molar refractivity (Wildman–Crippen MR) is 92.9 cm³/mol. The minimum atomic E-state index is -0.464. The molecule has 2 aromatic carbocycles. The zero-order chi connectivity index (χ0) is 17.6. The molecule has 0 atom stereocenters. The van der Waals surface area contributed by atoms with Crippen molar-refractivity contribution >= 4 is 17.0 Å². The molecule has 1 aliphatic rings. The molecule has 0 N–H and O–H groups in total. The van der Waals surface area contributed by atoms with Crippen LogP contribution in [-0.4, -0.2) is 16.0 Å². The number of rotatable bonds is 2. The van der Waals surface area contributed by atoms with Crippen LogP contribution in [0.2, 0.25) is 0 Å². The summed E-state index contributed by atoms with van der Waals surface area (Å²) >= 11 is 0. The second-order valence-electron chi connectivity index (χ2n) is 6.40. The van der Waals surface area contributed by atoms with Gasteiger partial charge in [0.05, 0.1) is 12.1 Å². The van der Waals surface area contributed by atoms with Gasteiger partial charge in [-0.3, -0.25) is 4.90 Å². The molecule has 5 heteroatoms. The SMILES string of the molecule is Cc1ccc(C)c2nc3c(cc12)CN(Cc1cccc(F)c1)C(=O)O3. The molecule has 0 radical (unpaired) electrons. The number of nitrogens with zero attached hydrogens (tertiary/aromatic N) is 2. The van der Waals surface area contributed by atoms with Gasteiger partial charge in [0.15, 0.2) is 0 Å². The molecule has 1 amide bonds. The second kappa shape index (κ2) is 5.84. The van der Waals surface area contributed by atoms with E-state index in [0.717, 1.165) is 33.2 Å². The third-order valence-electron chi connectivity index (χ3n) is 4.51. The molecule has 0 unspecified atom stereocenters. The van der Waals surface area contributed by atoms with E-state index < -0.39 is 6.09 Å². The zero-order valence-corrected chi connectivity index (χ0v) is 14.0. The number of carbonyl (C=O) groups is 1. The summed E-state index contributed by atoms with van der Waals surface area (Å²) in [6.07, 6.45) is -0.464. The lowest BCUT2D eigenvalue weighted by atomic mass is 10.0. The highest BCUT2D eigenvalue weighted by Crippen LogP contribution is 2.31. The standard InChI is InChI=1S/C20H17FN2O2/c1-12-6-7-13(2)18-17(12)9-15-11-23(20(24)25-19(15)22-18)10-14-4-3-5-16(21)8-14/h3-9H,10-11H2,1-2H3. The summed E-state index contributed by atoms with van der Waals surface area (Å²) in [7, 11) is 0. The van der Waals surface area contributed by atoms with Gasteiger partial charge in [-0.25, -0.2) is 14.2 Å². The Kier molecular flexibility index (Phi) is 3.64. The molecular formula is C20H17FN2O2. The van der Waals surface area contributed by atoms with Gasteiger partial charge in [-0.15, -0.1) is 0 Å². The predicted octanol–water partition coefficient (Wildman–Crippen LogP) is 4.51. The molecule has 1 aliphatic heterocycles. The van der Waals surface area contributed by atoms with E-state index in [2.05, 4.69) is 11.1 Å². The number of amides is 1. The van der Waals surface area contributed by atoms with Gasteiger partial charge in [-0.2, -0.15) is 0 Å². The molecule has 3 aromatic rings. The van der Waals surface area contributed by atoms with E-state index in [1.807, 2.05) is 26.0 Å². The number of aryl methyl sites for hydroxylation is 2. The van der Waals surface area contributed by atoms with E-state index in [4.69, 9.17) is 4.74 Å². The van der Waals surface area contributed by atoms with Crippen LogP contribution >= 0.6 is 0 Å². The fraction of sp³-hybridized carbons (Fsp3) is 0.200. The van der Waals surface area contributed by atoms with Gasteiger partial charge in [0.1, 0.15) is 5.82 Å². The van der Waals surface area contributed by atoms with Crippen molar-refractivity contribution < 1.29 is 13.9 Å². The smallest absolute Gasteiger partial charge is 0.391 e. The Bertz CT molecular complexity index is 1000. The van der Waals surface area contributed by atoms with Crippen LogP contribution in [0.4, 0.5) is 9.18 Å². The lowest BCUT2D eigenvalue weighted by Gasteiger charge is -2.28. The van der Waals surface area contributed by atoms with Gasteiger partial charge < -0.3 is 4.74 Å². The quantitative estimate of drug-likeness (QED) is 0.692. The van der Waals surface area contributed by atoms with E-state index in [-0.39, 0.29) is 5.82 Å². The van der Waals surface area contributed by atoms with Crippen LogP contribution in [0.1, 0.15) is 22.3 Å². The molecule has 126 valence electrons. The number of halogens is 1. The van der Waals surface area contributed by atoms with Gasteiger partial charge in [0, 0.05) is 17.5 Å². The van der Waals surface area contributed by atoms with Crippen molar-refractivity contribution in [3.05, 3.63) is 70.5 Å². The molecule has 0 fully saturated rings. The summed E-state index contributed by atoms with van der Waals surface area (Å²) in [6, 6.07) is 12.3. The molecule has 0 aliphatic carbocycles. The number of pyridine rings is 1.